The number of rotatable bonds is 0. The number of aliphatic hydroxyl groups excluding tert-OH is 1. The maximum Gasteiger partial charge on any atom is 0.113 e. The van der Waals surface area contributed by atoms with E-state index in [0.29, 0.717) is 6.42 Å². The van der Waals surface area contributed by atoms with Gasteiger partial charge in [-0.25, -0.2) is 0 Å². The molecule has 0 radical (unpaired) electrons. The molecule has 0 heterocycles. The fraction of sp³-hybridized carbons (Fsp3) is 0.263. The standard InChI is InChI=1S/C19H18O2/c1-19(21)17-8-6-14-10-12-4-2-3-5-13(12)11-16(14)15(17)7-9-18(19)20/h2-6,8,10-11,18,20-21H,7,9H2,1H3/t18-,19-/m0/s1. The van der Waals surface area contributed by atoms with Gasteiger partial charge < -0.3 is 10.2 Å². The largest absolute Gasteiger partial charge is 0.390 e. The fourth-order valence-corrected chi connectivity index (χ4v) is 3.56. The summed E-state index contributed by atoms with van der Waals surface area (Å²) in [6.07, 6.45) is 0.719. The summed E-state index contributed by atoms with van der Waals surface area (Å²) >= 11 is 0. The zero-order chi connectivity index (χ0) is 14.6. The lowest BCUT2D eigenvalue weighted by Gasteiger charge is -2.36. The van der Waals surface area contributed by atoms with Crippen LogP contribution in [-0.2, 0) is 12.0 Å². The lowest BCUT2D eigenvalue weighted by molar-refractivity contribution is -0.0763. The van der Waals surface area contributed by atoms with Crippen molar-refractivity contribution in [2.24, 2.45) is 0 Å². The molecule has 0 spiro atoms. The van der Waals surface area contributed by atoms with Crippen molar-refractivity contribution < 1.29 is 10.2 Å². The minimum atomic E-state index is -1.16. The molecule has 2 N–H and O–H groups in total. The predicted molar refractivity (Wildman–Crippen MR) is 85.4 cm³/mol. The van der Waals surface area contributed by atoms with Crippen molar-refractivity contribution in [3.8, 4) is 0 Å². The highest BCUT2D eigenvalue weighted by molar-refractivity contribution is 6.00. The summed E-state index contributed by atoms with van der Waals surface area (Å²) in [5.41, 5.74) is 0.880. The summed E-state index contributed by atoms with van der Waals surface area (Å²) in [7, 11) is 0. The van der Waals surface area contributed by atoms with E-state index in [4.69, 9.17) is 0 Å². The van der Waals surface area contributed by atoms with Crippen molar-refractivity contribution in [3.05, 3.63) is 59.7 Å². The zero-order valence-corrected chi connectivity index (χ0v) is 12.0. The summed E-state index contributed by atoms with van der Waals surface area (Å²) in [6.45, 7) is 1.71. The van der Waals surface area contributed by atoms with Crippen molar-refractivity contribution >= 4 is 21.5 Å². The van der Waals surface area contributed by atoms with E-state index in [9.17, 15) is 10.2 Å². The molecule has 0 saturated heterocycles. The quantitative estimate of drug-likeness (QED) is 0.618. The van der Waals surface area contributed by atoms with Crippen LogP contribution in [0.1, 0.15) is 24.5 Å². The summed E-state index contributed by atoms with van der Waals surface area (Å²) in [4.78, 5) is 0. The average molecular weight is 278 g/mol. The topological polar surface area (TPSA) is 40.5 Å². The number of aliphatic hydroxyl groups is 2. The summed E-state index contributed by atoms with van der Waals surface area (Å²) < 4.78 is 0. The SMILES string of the molecule is C[C@]1(O)c2ccc3cc4ccccc4cc3c2CC[C@@H]1O. The first kappa shape index (κ1) is 12.8. The Morgan fingerprint density at radius 2 is 1.71 bits per heavy atom. The molecule has 0 unspecified atom stereocenters. The maximum absolute atomic E-state index is 10.6. The van der Waals surface area contributed by atoms with Crippen LogP contribution in [0.15, 0.2) is 48.5 Å². The summed E-state index contributed by atoms with van der Waals surface area (Å²) in [6, 6.07) is 16.7. The molecule has 4 rings (SSSR count). The van der Waals surface area contributed by atoms with Crippen molar-refractivity contribution in [1.82, 2.24) is 0 Å². The van der Waals surface area contributed by atoms with Gasteiger partial charge in [0.05, 0.1) is 6.10 Å². The Bertz CT molecular complexity index is 849. The van der Waals surface area contributed by atoms with Crippen LogP contribution in [0, 0.1) is 0 Å². The predicted octanol–water partition coefficient (Wildman–Crippen LogP) is 3.51. The molecule has 0 aliphatic heterocycles. The van der Waals surface area contributed by atoms with Crippen LogP contribution in [0.25, 0.3) is 21.5 Å². The van der Waals surface area contributed by atoms with Gasteiger partial charge in [0, 0.05) is 0 Å². The van der Waals surface area contributed by atoms with Crippen LogP contribution in [-0.4, -0.2) is 16.3 Å². The van der Waals surface area contributed by atoms with Crippen molar-refractivity contribution in [2.75, 3.05) is 0 Å². The Morgan fingerprint density at radius 1 is 1.00 bits per heavy atom. The number of aryl methyl sites for hydroxylation is 1. The second-order valence-corrected chi connectivity index (χ2v) is 6.21. The Kier molecular flexibility index (Phi) is 2.62. The molecule has 2 nitrogen and oxygen atoms in total. The van der Waals surface area contributed by atoms with E-state index in [1.165, 1.54) is 27.1 Å². The molecular weight excluding hydrogens is 260 g/mol. The van der Waals surface area contributed by atoms with Crippen LogP contribution in [0.3, 0.4) is 0 Å². The van der Waals surface area contributed by atoms with Crippen LogP contribution < -0.4 is 0 Å². The van der Waals surface area contributed by atoms with Gasteiger partial charge in [0.25, 0.3) is 0 Å². The van der Waals surface area contributed by atoms with Crippen LogP contribution in [0.2, 0.25) is 0 Å². The van der Waals surface area contributed by atoms with Gasteiger partial charge in [-0.1, -0.05) is 36.4 Å². The fourth-order valence-electron chi connectivity index (χ4n) is 3.56. The second-order valence-electron chi connectivity index (χ2n) is 6.21. The maximum atomic E-state index is 10.6. The molecule has 1 aliphatic carbocycles. The average Bonchev–Trinajstić information content (AvgIpc) is 2.48. The van der Waals surface area contributed by atoms with Gasteiger partial charge in [-0.2, -0.15) is 0 Å². The van der Waals surface area contributed by atoms with Gasteiger partial charge in [0.2, 0.25) is 0 Å². The molecule has 21 heavy (non-hydrogen) atoms. The minimum Gasteiger partial charge on any atom is -0.390 e. The zero-order valence-electron chi connectivity index (χ0n) is 12.0. The van der Waals surface area contributed by atoms with Gasteiger partial charge in [0.15, 0.2) is 0 Å². The van der Waals surface area contributed by atoms with Crippen molar-refractivity contribution in [2.45, 2.75) is 31.5 Å². The Hall–Kier alpha value is -1.90. The molecule has 0 saturated carbocycles. The summed E-state index contributed by atoms with van der Waals surface area (Å²) in [5, 5.41) is 25.5. The van der Waals surface area contributed by atoms with Crippen molar-refractivity contribution in [3.63, 3.8) is 0 Å². The van der Waals surface area contributed by atoms with Gasteiger partial charge in [-0.15, -0.1) is 0 Å². The number of benzene rings is 3. The molecule has 0 aromatic heterocycles. The first-order valence-corrected chi connectivity index (χ1v) is 7.43. The van der Waals surface area contributed by atoms with Crippen LogP contribution >= 0.6 is 0 Å². The normalized spacial score (nSPS) is 25.2. The molecule has 0 bridgehead atoms. The number of hydrogen-bond donors (Lipinski definition) is 2. The molecular formula is C19H18O2. The first-order chi connectivity index (χ1) is 10.1. The van der Waals surface area contributed by atoms with E-state index in [0.717, 1.165) is 12.0 Å². The molecule has 3 aromatic carbocycles. The van der Waals surface area contributed by atoms with E-state index in [1.54, 1.807) is 6.92 Å². The van der Waals surface area contributed by atoms with Gasteiger partial charge in [-0.05, 0) is 64.6 Å². The summed E-state index contributed by atoms with van der Waals surface area (Å²) in [5.74, 6) is 0. The first-order valence-electron chi connectivity index (χ1n) is 7.43. The van der Waals surface area contributed by atoms with E-state index >= 15 is 0 Å². The monoisotopic (exact) mass is 278 g/mol. The number of fused-ring (bicyclic) bond motifs is 4. The lowest BCUT2D eigenvalue weighted by Crippen LogP contribution is -2.40. The van der Waals surface area contributed by atoms with E-state index < -0.39 is 11.7 Å². The molecule has 1 aliphatic rings. The molecule has 2 heteroatoms. The number of hydrogen-bond acceptors (Lipinski definition) is 2. The van der Waals surface area contributed by atoms with Crippen molar-refractivity contribution in [1.29, 1.82) is 0 Å². The van der Waals surface area contributed by atoms with E-state index in [2.05, 4.69) is 24.3 Å². The van der Waals surface area contributed by atoms with E-state index in [-0.39, 0.29) is 0 Å². The van der Waals surface area contributed by atoms with E-state index in [1.807, 2.05) is 24.3 Å². The Labute approximate surface area is 123 Å². The molecule has 3 aromatic rings. The Balaban J connectivity index is 2.07. The van der Waals surface area contributed by atoms with Crippen LogP contribution in [0.5, 0.6) is 0 Å². The van der Waals surface area contributed by atoms with Gasteiger partial charge >= 0.3 is 0 Å². The Morgan fingerprint density at radius 3 is 2.48 bits per heavy atom. The third-order valence-electron chi connectivity index (χ3n) is 4.86. The third kappa shape index (κ3) is 1.80. The lowest BCUT2D eigenvalue weighted by atomic mass is 9.76. The van der Waals surface area contributed by atoms with Gasteiger partial charge in [-0.3, -0.25) is 0 Å². The second kappa shape index (κ2) is 4.30. The molecule has 2 atom stereocenters. The highest BCUT2D eigenvalue weighted by Gasteiger charge is 2.38. The molecule has 0 fully saturated rings. The highest BCUT2D eigenvalue weighted by atomic mass is 16.3. The smallest absolute Gasteiger partial charge is 0.113 e. The third-order valence-corrected chi connectivity index (χ3v) is 4.86. The minimum absolute atomic E-state index is 0.603. The van der Waals surface area contributed by atoms with Gasteiger partial charge in [0.1, 0.15) is 5.60 Å². The highest BCUT2D eigenvalue weighted by Crippen LogP contribution is 2.39. The molecule has 0 amide bonds. The molecule has 106 valence electrons. The van der Waals surface area contributed by atoms with Crippen LogP contribution in [0.4, 0.5) is 0 Å².